The Bertz CT molecular complexity index is 668. The highest BCUT2D eigenvalue weighted by Crippen LogP contribution is 2.24. The number of benzene rings is 1. The Balaban J connectivity index is 1.90. The van der Waals surface area contributed by atoms with Gasteiger partial charge in [0.15, 0.2) is 0 Å². The third-order valence-corrected chi connectivity index (χ3v) is 3.98. The molecular formula is C16H20N4O2. The predicted molar refractivity (Wildman–Crippen MR) is 82.8 cm³/mol. The Labute approximate surface area is 129 Å². The maximum atomic E-state index is 12.9. The SMILES string of the molecule is COc1cccc(C(=O)N2CCNCC2c2nccn2C)c1. The first-order valence-corrected chi connectivity index (χ1v) is 7.33. The van der Waals surface area contributed by atoms with Crippen molar-refractivity contribution >= 4 is 5.91 Å². The molecule has 1 aliphatic heterocycles. The van der Waals surface area contributed by atoms with Crippen LogP contribution in [0.2, 0.25) is 0 Å². The number of aromatic nitrogens is 2. The molecule has 1 atom stereocenters. The molecule has 0 bridgehead atoms. The number of piperazine rings is 1. The van der Waals surface area contributed by atoms with Crippen molar-refractivity contribution < 1.29 is 9.53 Å². The largest absolute Gasteiger partial charge is 0.497 e. The lowest BCUT2D eigenvalue weighted by molar-refractivity contribution is 0.0620. The molecule has 0 radical (unpaired) electrons. The average molecular weight is 300 g/mol. The van der Waals surface area contributed by atoms with Crippen molar-refractivity contribution in [1.29, 1.82) is 0 Å². The number of carbonyl (C=O) groups excluding carboxylic acids is 1. The fourth-order valence-electron chi connectivity index (χ4n) is 2.80. The van der Waals surface area contributed by atoms with Gasteiger partial charge in [-0.2, -0.15) is 0 Å². The monoisotopic (exact) mass is 300 g/mol. The fraction of sp³-hybridized carbons (Fsp3) is 0.375. The second-order valence-corrected chi connectivity index (χ2v) is 5.35. The number of amides is 1. The van der Waals surface area contributed by atoms with Crippen LogP contribution in [-0.2, 0) is 7.05 Å². The lowest BCUT2D eigenvalue weighted by Crippen LogP contribution is -2.49. The molecule has 1 saturated heterocycles. The molecule has 1 unspecified atom stereocenters. The molecule has 0 aliphatic carbocycles. The van der Waals surface area contributed by atoms with Crippen LogP contribution in [0.1, 0.15) is 22.2 Å². The highest BCUT2D eigenvalue weighted by atomic mass is 16.5. The molecule has 1 fully saturated rings. The molecule has 1 aromatic carbocycles. The Hall–Kier alpha value is -2.34. The molecule has 6 nitrogen and oxygen atoms in total. The van der Waals surface area contributed by atoms with Crippen LogP contribution in [0.15, 0.2) is 36.7 Å². The number of aryl methyl sites for hydroxylation is 1. The van der Waals surface area contributed by atoms with Crippen molar-refractivity contribution in [1.82, 2.24) is 19.8 Å². The van der Waals surface area contributed by atoms with Gasteiger partial charge in [0.1, 0.15) is 17.6 Å². The van der Waals surface area contributed by atoms with E-state index in [1.165, 1.54) is 0 Å². The Morgan fingerprint density at radius 3 is 3.05 bits per heavy atom. The van der Waals surface area contributed by atoms with Crippen molar-refractivity contribution in [3.05, 3.63) is 48.0 Å². The average Bonchev–Trinajstić information content (AvgIpc) is 3.00. The number of hydrogen-bond donors (Lipinski definition) is 1. The number of imidazole rings is 1. The number of nitrogens with one attached hydrogen (secondary N) is 1. The lowest BCUT2D eigenvalue weighted by atomic mass is 10.1. The second-order valence-electron chi connectivity index (χ2n) is 5.35. The number of nitrogens with zero attached hydrogens (tertiary/aromatic N) is 3. The molecule has 1 aromatic heterocycles. The zero-order valence-corrected chi connectivity index (χ0v) is 12.8. The minimum atomic E-state index is -0.0625. The minimum Gasteiger partial charge on any atom is -0.497 e. The van der Waals surface area contributed by atoms with E-state index in [1.54, 1.807) is 19.4 Å². The number of methoxy groups -OCH3 is 1. The number of rotatable bonds is 3. The summed E-state index contributed by atoms with van der Waals surface area (Å²) in [6.45, 7) is 2.16. The number of carbonyl (C=O) groups is 1. The third kappa shape index (κ3) is 2.69. The number of ether oxygens (including phenoxy) is 1. The summed E-state index contributed by atoms with van der Waals surface area (Å²) >= 11 is 0. The van der Waals surface area contributed by atoms with E-state index in [-0.39, 0.29) is 11.9 Å². The minimum absolute atomic E-state index is 0.00778. The summed E-state index contributed by atoms with van der Waals surface area (Å²) in [5.41, 5.74) is 0.639. The molecule has 22 heavy (non-hydrogen) atoms. The molecular weight excluding hydrogens is 280 g/mol. The molecule has 2 aromatic rings. The van der Waals surface area contributed by atoms with Crippen LogP contribution >= 0.6 is 0 Å². The van der Waals surface area contributed by atoms with Gasteiger partial charge in [-0.3, -0.25) is 4.79 Å². The van der Waals surface area contributed by atoms with Gasteiger partial charge in [-0.15, -0.1) is 0 Å². The van der Waals surface area contributed by atoms with Crippen molar-refractivity contribution in [2.45, 2.75) is 6.04 Å². The van der Waals surface area contributed by atoms with E-state index in [1.807, 2.05) is 40.9 Å². The molecule has 1 aliphatic rings. The van der Waals surface area contributed by atoms with Gasteiger partial charge in [-0.1, -0.05) is 6.07 Å². The first kappa shape index (κ1) is 14.6. The van der Waals surface area contributed by atoms with E-state index in [2.05, 4.69) is 10.3 Å². The highest BCUT2D eigenvalue weighted by molar-refractivity contribution is 5.95. The maximum absolute atomic E-state index is 12.9. The van der Waals surface area contributed by atoms with Gasteiger partial charge in [0.2, 0.25) is 0 Å². The summed E-state index contributed by atoms with van der Waals surface area (Å²) in [6, 6.07) is 7.21. The van der Waals surface area contributed by atoms with E-state index in [9.17, 15) is 4.79 Å². The van der Waals surface area contributed by atoms with Crippen molar-refractivity contribution in [2.24, 2.45) is 7.05 Å². The molecule has 1 amide bonds. The zero-order valence-electron chi connectivity index (χ0n) is 12.8. The quantitative estimate of drug-likeness (QED) is 0.926. The first-order valence-electron chi connectivity index (χ1n) is 7.33. The van der Waals surface area contributed by atoms with Gasteiger partial charge in [-0.05, 0) is 18.2 Å². The van der Waals surface area contributed by atoms with E-state index in [0.717, 1.165) is 12.4 Å². The topological polar surface area (TPSA) is 59.4 Å². The lowest BCUT2D eigenvalue weighted by Gasteiger charge is -2.35. The smallest absolute Gasteiger partial charge is 0.254 e. The molecule has 3 rings (SSSR count). The van der Waals surface area contributed by atoms with Crippen LogP contribution in [0.25, 0.3) is 0 Å². The molecule has 1 N–H and O–H groups in total. The fourth-order valence-corrected chi connectivity index (χ4v) is 2.80. The summed E-state index contributed by atoms with van der Waals surface area (Å²) in [7, 11) is 3.55. The van der Waals surface area contributed by atoms with Crippen LogP contribution in [0.3, 0.4) is 0 Å². The maximum Gasteiger partial charge on any atom is 0.254 e. The highest BCUT2D eigenvalue weighted by Gasteiger charge is 2.31. The van der Waals surface area contributed by atoms with Crippen molar-refractivity contribution in [3.63, 3.8) is 0 Å². The van der Waals surface area contributed by atoms with Gasteiger partial charge in [0, 0.05) is 44.6 Å². The predicted octanol–water partition coefficient (Wildman–Crippen LogP) is 1.22. The van der Waals surface area contributed by atoms with Gasteiger partial charge in [-0.25, -0.2) is 4.98 Å². The summed E-state index contributed by atoms with van der Waals surface area (Å²) in [6.07, 6.45) is 3.66. The van der Waals surface area contributed by atoms with Crippen LogP contribution in [0.4, 0.5) is 0 Å². The summed E-state index contributed by atoms with van der Waals surface area (Å²) in [5.74, 6) is 1.59. The summed E-state index contributed by atoms with van der Waals surface area (Å²) < 4.78 is 7.17. The van der Waals surface area contributed by atoms with E-state index >= 15 is 0 Å². The second kappa shape index (κ2) is 6.19. The van der Waals surface area contributed by atoms with Crippen LogP contribution in [-0.4, -0.2) is 47.1 Å². The standard InChI is InChI=1S/C16H20N4O2/c1-19-8-7-18-15(19)14-11-17-6-9-20(14)16(21)12-4-3-5-13(10-12)22-2/h3-5,7-8,10,14,17H,6,9,11H2,1-2H3. The molecule has 2 heterocycles. The normalized spacial score (nSPS) is 18.3. The van der Waals surface area contributed by atoms with Crippen LogP contribution in [0, 0.1) is 0 Å². The Morgan fingerprint density at radius 1 is 1.45 bits per heavy atom. The van der Waals surface area contributed by atoms with Gasteiger partial charge in [0.25, 0.3) is 5.91 Å². The van der Waals surface area contributed by atoms with Gasteiger partial charge >= 0.3 is 0 Å². The van der Waals surface area contributed by atoms with Gasteiger partial charge in [0.05, 0.1) is 7.11 Å². The van der Waals surface area contributed by atoms with E-state index in [0.29, 0.717) is 24.4 Å². The Kier molecular flexibility index (Phi) is 4.11. The van der Waals surface area contributed by atoms with E-state index in [4.69, 9.17) is 4.74 Å². The van der Waals surface area contributed by atoms with E-state index < -0.39 is 0 Å². The summed E-state index contributed by atoms with van der Waals surface area (Å²) in [4.78, 5) is 19.2. The first-order chi connectivity index (χ1) is 10.7. The molecule has 0 spiro atoms. The Morgan fingerprint density at radius 2 is 2.32 bits per heavy atom. The molecule has 6 heteroatoms. The zero-order chi connectivity index (χ0) is 15.5. The van der Waals surface area contributed by atoms with Gasteiger partial charge < -0.3 is 19.5 Å². The molecule has 0 saturated carbocycles. The van der Waals surface area contributed by atoms with Crippen LogP contribution < -0.4 is 10.1 Å². The van der Waals surface area contributed by atoms with Crippen molar-refractivity contribution in [2.75, 3.05) is 26.7 Å². The van der Waals surface area contributed by atoms with Crippen molar-refractivity contribution in [3.8, 4) is 5.75 Å². The third-order valence-electron chi connectivity index (χ3n) is 3.98. The number of hydrogen-bond acceptors (Lipinski definition) is 4. The summed E-state index contributed by atoms with van der Waals surface area (Å²) in [5, 5.41) is 3.34. The van der Waals surface area contributed by atoms with Crippen LogP contribution in [0.5, 0.6) is 5.75 Å². The molecule has 116 valence electrons.